The first-order valence-electron chi connectivity index (χ1n) is 6.44. The average Bonchev–Trinajstić information content (AvgIpc) is 2.69. The predicted molar refractivity (Wildman–Crippen MR) is 73.1 cm³/mol. The van der Waals surface area contributed by atoms with Crippen LogP contribution in [-0.4, -0.2) is 36.5 Å². The highest BCUT2D eigenvalue weighted by Crippen LogP contribution is 2.29. The second-order valence-corrected chi connectivity index (χ2v) is 5.21. The minimum absolute atomic E-state index is 0.0382. The molecule has 0 saturated carbocycles. The normalized spacial score (nSPS) is 19.1. The molecule has 1 aliphatic rings. The summed E-state index contributed by atoms with van der Waals surface area (Å²) in [6, 6.07) is 4.84. The van der Waals surface area contributed by atoms with Gasteiger partial charge in [0.25, 0.3) is 0 Å². The second-order valence-electron chi connectivity index (χ2n) is 5.21. The van der Waals surface area contributed by atoms with E-state index in [4.69, 9.17) is 15.9 Å². The maximum absolute atomic E-state index is 13.1. The van der Waals surface area contributed by atoms with Gasteiger partial charge in [-0.25, -0.2) is 4.39 Å². The molecular weight excluding hydrogens is 245 g/mol. The zero-order chi connectivity index (χ0) is 14.0. The van der Waals surface area contributed by atoms with Crippen LogP contribution in [0.25, 0.3) is 0 Å². The molecule has 0 radical (unpaired) electrons. The van der Waals surface area contributed by atoms with E-state index in [1.165, 1.54) is 12.1 Å². The van der Waals surface area contributed by atoms with Crippen molar-refractivity contribution in [3.8, 4) is 5.75 Å². The van der Waals surface area contributed by atoms with Crippen LogP contribution in [0.4, 0.5) is 4.39 Å². The Morgan fingerprint density at radius 2 is 2.37 bits per heavy atom. The molecule has 19 heavy (non-hydrogen) atoms. The molecule has 3 N–H and O–H groups in total. The van der Waals surface area contributed by atoms with E-state index in [1.54, 1.807) is 6.07 Å². The van der Waals surface area contributed by atoms with Crippen molar-refractivity contribution in [1.82, 2.24) is 4.90 Å². The third-order valence-electron chi connectivity index (χ3n) is 3.52. The van der Waals surface area contributed by atoms with Gasteiger partial charge in [-0.2, -0.15) is 0 Å². The highest BCUT2D eigenvalue weighted by molar-refractivity contribution is 5.77. The lowest BCUT2D eigenvalue weighted by Gasteiger charge is -2.26. The van der Waals surface area contributed by atoms with Crippen LogP contribution in [0.2, 0.25) is 0 Å². The lowest BCUT2D eigenvalue weighted by molar-refractivity contribution is 0.146. The molecule has 1 aromatic rings. The number of amidine groups is 1. The fourth-order valence-corrected chi connectivity index (χ4v) is 2.37. The summed E-state index contributed by atoms with van der Waals surface area (Å²) in [5.74, 6) is 0.748. The van der Waals surface area contributed by atoms with Crippen molar-refractivity contribution in [3.05, 3.63) is 29.6 Å². The second kappa shape index (κ2) is 5.57. The lowest BCUT2D eigenvalue weighted by Crippen LogP contribution is -2.39. The van der Waals surface area contributed by atoms with Gasteiger partial charge in [-0.3, -0.25) is 10.3 Å². The molecule has 0 saturated heterocycles. The number of nitrogens with zero attached hydrogens (tertiary/aromatic N) is 1. The maximum atomic E-state index is 13.1. The van der Waals surface area contributed by atoms with Gasteiger partial charge in [0.1, 0.15) is 17.7 Å². The SMILES string of the molecule is CC(CC(=N)N)N(C)CC1Cc2cc(F)ccc2O1. The minimum atomic E-state index is -0.221. The number of fused-ring (bicyclic) bond motifs is 1. The van der Waals surface area contributed by atoms with Gasteiger partial charge in [0.2, 0.25) is 0 Å². The highest BCUT2D eigenvalue weighted by atomic mass is 19.1. The summed E-state index contributed by atoms with van der Waals surface area (Å²) in [7, 11) is 1.99. The zero-order valence-corrected chi connectivity index (χ0v) is 11.3. The Labute approximate surface area is 112 Å². The molecule has 0 fully saturated rings. The summed E-state index contributed by atoms with van der Waals surface area (Å²) in [5, 5.41) is 7.31. The van der Waals surface area contributed by atoms with Crippen molar-refractivity contribution >= 4 is 5.84 Å². The van der Waals surface area contributed by atoms with Gasteiger partial charge in [0, 0.05) is 31.0 Å². The van der Waals surface area contributed by atoms with E-state index in [9.17, 15) is 4.39 Å². The smallest absolute Gasteiger partial charge is 0.123 e. The van der Waals surface area contributed by atoms with Crippen LogP contribution in [0.5, 0.6) is 5.75 Å². The standard InChI is InChI=1S/C14H20FN3O/c1-9(5-14(16)17)18(2)8-12-7-10-6-11(15)3-4-13(10)19-12/h3-4,6,9,12H,5,7-8H2,1-2H3,(H3,16,17). The van der Waals surface area contributed by atoms with Crippen LogP contribution >= 0.6 is 0 Å². The van der Waals surface area contributed by atoms with E-state index in [0.29, 0.717) is 6.42 Å². The fourth-order valence-electron chi connectivity index (χ4n) is 2.37. The van der Waals surface area contributed by atoms with Crippen molar-refractivity contribution in [2.24, 2.45) is 5.73 Å². The fraction of sp³-hybridized carbons (Fsp3) is 0.500. The third-order valence-corrected chi connectivity index (χ3v) is 3.52. The lowest BCUT2D eigenvalue weighted by atomic mass is 10.1. The van der Waals surface area contributed by atoms with Crippen LogP contribution in [0, 0.1) is 11.2 Å². The van der Waals surface area contributed by atoms with E-state index < -0.39 is 0 Å². The molecule has 0 aliphatic carbocycles. The van der Waals surface area contributed by atoms with E-state index in [0.717, 1.165) is 24.3 Å². The van der Waals surface area contributed by atoms with Crippen molar-refractivity contribution in [3.63, 3.8) is 0 Å². The molecule has 2 atom stereocenters. The van der Waals surface area contributed by atoms with E-state index in [1.807, 2.05) is 14.0 Å². The molecule has 4 nitrogen and oxygen atoms in total. The zero-order valence-electron chi connectivity index (χ0n) is 11.3. The van der Waals surface area contributed by atoms with Crippen LogP contribution in [-0.2, 0) is 6.42 Å². The monoisotopic (exact) mass is 265 g/mol. The number of hydrogen-bond acceptors (Lipinski definition) is 3. The summed E-state index contributed by atoms with van der Waals surface area (Å²) in [5.41, 5.74) is 6.34. The summed E-state index contributed by atoms with van der Waals surface area (Å²) in [6.07, 6.45) is 1.31. The summed E-state index contributed by atoms with van der Waals surface area (Å²) in [4.78, 5) is 2.12. The Morgan fingerprint density at radius 1 is 1.63 bits per heavy atom. The molecular formula is C14H20FN3O. The molecule has 1 aliphatic heterocycles. The van der Waals surface area contributed by atoms with Gasteiger partial charge >= 0.3 is 0 Å². The number of nitrogens with two attached hydrogens (primary N) is 1. The van der Waals surface area contributed by atoms with Crippen LogP contribution in [0.3, 0.4) is 0 Å². The van der Waals surface area contributed by atoms with Crippen LogP contribution in [0.1, 0.15) is 18.9 Å². The largest absolute Gasteiger partial charge is 0.488 e. The first-order valence-corrected chi connectivity index (χ1v) is 6.44. The summed E-state index contributed by atoms with van der Waals surface area (Å²) >= 11 is 0. The highest BCUT2D eigenvalue weighted by Gasteiger charge is 2.25. The number of benzene rings is 1. The number of ether oxygens (including phenoxy) is 1. The van der Waals surface area contributed by atoms with E-state index >= 15 is 0 Å². The summed E-state index contributed by atoms with van der Waals surface area (Å²) in [6.45, 7) is 2.77. The number of hydrogen-bond donors (Lipinski definition) is 2. The topological polar surface area (TPSA) is 62.3 Å². The maximum Gasteiger partial charge on any atom is 0.123 e. The Bertz CT molecular complexity index is 478. The Hall–Kier alpha value is -1.62. The number of nitrogens with one attached hydrogen (secondary N) is 1. The molecule has 1 heterocycles. The quantitative estimate of drug-likeness (QED) is 0.630. The van der Waals surface area contributed by atoms with E-state index in [-0.39, 0.29) is 23.8 Å². The van der Waals surface area contributed by atoms with Crippen LogP contribution in [0.15, 0.2) is 18.2 Å². The van der Waals surface area contributed by atoms with Gasteiger partial charge in [0.05, 0.1) is 5.84 Å². The van der Waals surface area contributed by atoms with Crippen molar-refractivity contribution in [2.75, 3.05) is 13.6 Å². The molecule has 0 bridgehead atoms. The van der Waals surface area contributed by atoms with Gasteiger partial charge in [0.15, 0.2) is 0 Å². The van der Waals surface area contributed by atoms with Crippen molar-refractivity contribution in [1.29, 1.82) is 5.41 Å². The molecule has 0 spiro atoms. The van der Waals surface area contributed by atoms with Gasteiger partial charge in [-0.15, -0.1) is 0 Å². The summed E-state index contributed by atoms with van der Waals surface area (Å²) < 4.78 is 18.9. The predicted octanol–water partition coefficient (Wildman–Crippen LogP) is 1.78. The van der Waals surface area contributed by atoms with Gasteiger partial charge < -0.3 is 10.5 Å². The number of rotatable bonds is 5. The molecule has 0 aromatic heterocycles. The first-order chi connectivity index (χ1) is 8.95. The average molecular weight is 265 g/mol. The third kappa shape index (κ3) is 3.44. The Kier molecular flexibility index (Phi) is 4.04. The Morgan fingerprint density at radius 3 is 3.05 bits per heavy atom. The molecule has 0 amide bonds. The molecule has 5 heteroatoms. The molecule has 2 unspecified atom stereocenters. The van der Waals surface area contributed by atoms with Gasteiger partial charge in [-0.05, 0) is 32.2 Å². The van der Waals surface area contributed by atoms with Gasteiger partial charge in [-0.1, -0.05) is 0 Å². The molecule has 1 aromatic carbocycles. The number of halogens is 1. The first kappa shape index (κ1) is 13.8. The van der Waals surface area contributed by atoms with E-state index in [2.05, 4.69) is 4.90 Å². The minimum Gasteiger partial charge on any atom is -0.488 e. The van der Waals surface area contributed by atoms with Crippen LogP contribution < -0.4 is 10.5 Å². The Balaban J connectivity index is 1.91. The van der Waals surface area contributed by atoms with Crippen molar-refractivity contribution < 1.29 is 9.13 Å². The molecule has 104 valence electrons. The molecule has 2 rings (SSSR count). The number of likely N-dealkylation sites (N-methyl/N-ethyl adjacent to an activating group) is 1. The van der Waals surface area contributed by atoms with Crippen molar-refractivity contribution in [2.45, 2.75) is 31.9 Å².